The van der Waals surface area contributed by atoms with Crippen molar-refractivity contribution < 1.29 is 13.2 Å². The Balaban J connectivity index is 1.53. The highest BCUT2D eigenvalue weighted by atomic mass is 35.5. The second-order valence-corrected chi connectivity index (χ2v) is 7.95. The minimum absolute atomic E-state index is 0.0382. The van der Waals surface area contributed by atoms with Gasteiger partial charge in [-0.1, -0.05) is 17.7 Å². The summed E-state index contributed by atoms with van der Waals surface area (Å²) in [6.45, 7) is 0.813. The molecule has 1 N–H and O–H groups in total. The molecule has 2 heterocycles. The van der Waals surface area contributed by atoms with Gasteiger partial charge in [0.1, 0.15) is 0 Å². The molecule has 0 bridgehead atoms. The van der Waals surface area contributed by atoms with Crippen molar-refractivity contribution in [1.29, 1.82) is 0 Å². The van der Waals surface area contributed by atoms with E-state index >= 15 is 0 Å². The van der Waals surface area contributed by atoms with Crippen molar-refractivity contribution in [2.75, 3.05) is 19.6 Å². The first kappa shape index (κ1) is 17.8. The van der Waals surface area contributed by atoms with Crippen LogP contribution in [0.2, 0.25) is 5.02 Å². The van der Waals surface area contributed by atoms with E-state index < -0.39 is 10.0 Å². The summed E-state index contributed by atoms with van der Waals surface area (Å²) in [4.78, 5) is 15.6. The summed E-state index contributed by atoms with van der Waals surface area (Å²) >= 11 is 5.81. The Kier molecular flexibility index (Phi) is 5.36. The lowest BCUT2D eigenvalue weighted by Crippen LogP contribution is -2.44. The molecule has 0 aliphatic carbocycles. The molecule has 1 aliphatic heterocycles. The standard InChI is InChI=1S/C15H18ClN5O3S/c16-12-2-1-3-14(10-12)25(23,24)19-11-15(22)20-8-4-13(5-9-20)21-17-6-7-18-21/h1-3,6-7,10,13,19H,4-5,8-9,11H2. The predicted octanol–water partition coefficient (Wildman–Crippen LogP) is 1.07. The molecule has 1 aliphatic rings. The third kappa shape index (κ3) is 4.36. The maximum Gasteiger partial charge on any atom is 0.241 e. The summed E-state index contributed by atoms with van der Waals surface area (Å²) in [5.74, 6) is -0.252. The Labute approximate surface area is 150 Å². The van der Waals surface area contributed by atoms with Gasteiger partial charge in [-0.15, -0.1) is 0 Å². The summed E-state index contributed by atoms with van der Waals surface area (Å²) < 4.78 is 26.8. The highest BCUT2D eigenvalue weighted by Gasteiger charge is 2.25. The third-order valence-corrected chi connectivity index (χ3v) is 5.73. The topological polar surface area (TPSA) is 97.2 Å². The van der Waals surface area contributed by atoms with E-state index in [1.165, 1.54) is 12.1 Å². The molecular formula is C15H18ClN5O3S. The van der Waals surface area contributed by atoms with Crippen LogP contribution < -0.4 is 4.72 Å². The fourth-order valence-electron chi connectivity index (χ4n) is 2.75. The van der Waals surface area contributed by atoms with Gasteiger partial charge in [-0.2, -0.15) is 15.0 Å². The first-order valence-corrected chi connectivity index (χ1v) is 9.70. The van der Waals surface area contributed by atoms with Gasteiger partial charge in [-0.05, 0) is 31.0 Å². The van der Waals surface area contributed by atoms with Crippen molar-refractivity contribution in [2.45, 2.75) is 23.8 Å². The smallest absolute Gasteiger partial charge is 0.241 e. The molecule has 2 aromatic rings. The third-order valence-electron chi connectivity index (χ3n) is 4.10. The van der Waals surface area contributed by atoms with Crippen LogP contribution in [0.25, 0.3) is 0 Å². The van der Waals surface area contributed by atoms with Crippen molar-refractivity contribution in [3.8, 4) is 0 Å². The van der Waals surface area contributed by atoms with Crippen molar-refractivity contribution in [3.63, 3.8) is 0 Å². The lowest BCUT2D eigenvalue weighted by atomic mass is 10.1. The monoisotopic (exact) mass is 383 g/mol. The number of carbonyl (C=O) groups excluding carboxylic acids is 1. The molecule has 1 aromatic carbocycles. The lowest BCUT2D eigenvalue weighted by molar-refractivity contribution is -0.131. The van der Waals surface area contributed by atoms with Crippen LogP contribution >= 0.6 is 11.6 Å². The van der Waals surface area contributed by atoms with E-state index in [2.05, 4.69) is 14.9 Å². The number of sulfonamides is 1. The predicted molar refractivity (Wildman–Crippen MR) is 91.5 cm³/mol. The SMILES string of the molecule is O=C(CNS(=O)(=O)c1cccc(Cl)c1)N1CCC(n2nccn2)CC1. The number of hydrogen-bond donors (Lipinski definition) is 1. The molecule has 1 amide bonds. The molecule has 25 heavy (non-hydrogen) atoms. The Morgan fingerprint density at radius 2 is 1.92 bits per heavy atom. The molecule has 0 unspecified atom stereocenters. The molecule has 10 heteroatoms. The number of hydrogen-bond acceptors (Lipinski definition) is 5. The minimum Gasteiger partial charge on any atom is -0.341 e. The first-order valence-electron chi connectivity index (χ1n) is 7.84. The molecule has 8 nitrogen and oxygen atoms in total. The summed E-state index contributed by atoms with van der Waals surface area (Å²) in [7, 11) is -3.77. The molecule has 3 rings (SSSR count). The van der Waals surface area contributed by atoms with Crippen molar-refractivity contribution in [2.24, 2.45) is 0 Å². The Morgan fingerprint density at radius 3 is 2.56 bits per heavy atom. The zero-order chi connectivity index (χ0) is 17.9. The van der Waals surface area contributed by atoms with Gasteiger partial charge >= 0.3 is 0 Å². The van der Waals surface area contributed by atoms with E-state index in [-0.39, 0.29) is 23.4 Å². The number of piperidine rings is 1. The maximum atomic E-state index is 12.3. The van der Waals surface area contributed by atoms with E-state index in [4.69, 9.17) is 11.6 Å². The molecule has 0 saturated carbocycles. The summed E-state index contributed by atoms with van der Waals surface area (Å²) in [6, 6.07) is 6.08. The molecule has 1 saturated heterocycles. The van der Waals surface area contributed by atoms with Crippen LogP contribution in [0.4, 0.5) is 0 Å². The normalized spacial score (nSPS) is 16.1. The van der Waals surface area contributed by atoms with Gasteiger partial charge in [-0.3, -0.25) is 4.79 Å². The zero-order valence-electron chi connectivity index (χ0n) is 13.4. The number of nitrogens with one attached hydrogen (secondary N) is 1. The summed E-state index contributed by atoms with van der Waals surface area (Å²) in [5.41, 5.74) is 0. The molecule has 1 aromatic heterocycles. The van der Waals surface area contributed by atoms with Crippen LogP contribution in [-0.4, -0.2) is 53.9 Å². The number of amides is 1. The molecule has 1 fully saturated rings. The van der Waals surface area contributed by atoms with E-state index in [1.54, 1.807) is 34.2 Å². The fraction of sp³-hybridized carbons (Fsp3) is 0.400. The van der Waals surface area contributed by atoms with Gasteiger partial charge in [0.2, 0.25) is 15.9 Å². The van der Waals surface area contributed by atoms with Crippen LogP contribution in [0.3, 0.4) is 0 Å². The van der Waals surface area contributed by atoms with Gasteiger partial charge in [0.15, 0.2) is 0 Å². The minimum atomic E-state index is -3.77. The lowest BCUT2D eigenvalue weighted by Gasteiger charge is -2.31. The number of halogens is 1. The highest BCUT2D eigenvalue weighted by Crippen LogP contribution is 2.20. The number of benzene rings is 1. The van der Waals surface area contributed by atoms with Gasteiger partial charge < -0.3 is 4.90 Å². The largest absolute Gasteiger partial charge is 0.341 e. The molecule has 0 radical (unpaired) electrons. The average Bonchev–Trinajstić information content (AvgIpc) is 3.14. The van der Waals surface area contributed by atoms with Crippen molar-refractivity contribution >= 4 is 27.5 Å². The van der Waals surface area contributed by atoms with Gasteiger partial charge in [0.25, 0.3) is 0 Å². The molecule has 0 atom stereocenters. The highest BCUT2D eigenvalue weighted by molar-refractivity contribution is 7.89. The van der Waals surface area contributed by atoms with E-state index in [0.717, 1.165) is 12.8 Å². The second-order valence-electron chi connectivity index (χ2n) is 5.74. The summed E-state index contributed by atoms with van der Waals surface area (Å²) in [6.07, 6.45) is 4.73. The van der Waals surface area contributed by atoms with Gasteiger partial charge in [0, 0.05) is 18.1 Å². The van der Waals surface area contributed by atoms with Crippen molar-refractivity contribution in [1.82, 2.24) is 24.6 Å². The van der Waals surface area contributed by atoms with Crippen LogP contribution in [0.1, 0.15) is 18.9 Å². The van der Waals surface area contributed by atoms with Gasteiger partial charge in [-0.25, -0.2) is 13.1 Å². The van der Waals surface area contributed by atoms with E-state index in [9.17, 15) is 13.2 Å². The molecule has 134 valence electrons. The van der Waals surface area contributed by atoms with Crippen LogP contribution in [0, 0.1) is 0 Å². The number of carbonyl (C=O) groups is 1. The van der Waals surface area contributed by atoms with Crippen LogP contribution in [-0.2, 0) is 14.8 Å². The number of likely N-dealkylation sites (tertiary alicyclic amines) is 1. The number of aromatic nitrogens is 3. The zero-order valence-corrected chi connectivity index (χ0v) is 14.9. The summed E-state index contributed by atoms with van der Waals surface area (Å²) in [5, 5.41) is 8.56. The van der Waals surface area contributed by atoms with Crippen LogP contribution in [0.5, 0.6) is 0 Å². The van der Waals surface area contributed by atoms with Crippen LogP contribution in [0.15, 0.2) is 41.6 Å². The first-order chi connectivity index (χ1) is 12.0. The fourth-order valence-corrected chi connectivity index (χ4v) is 4.02. The van der Waals surface area contributed by atoms with E-state index in [0.29, 0.717) is 18.1 Å². The van der Waals surface area contributed by atoms with Crippen molar-refractivity contribution in [3.05, 3.63) is 41.7 Å². The number of nitrogens with zero attached hydrogens (tertiary/aromatic N) is 4. The Morgan fingerprint density at radius 1 is 1.24 bits per heavy atom. The second kappa shape index (κ2) is 7.51. The number of rotatable bonds is 5. The molecule has 0 spiro atoms. The molecular weight excluding hydrogens is 366 g/mol. The van der Waals surface area contributed by atoms with E-state index in [1.807, 2.05) is 0 Å². The maximum absolute atomic E-state index is 12.3. The van der Waals surface area contributed by atoms with Gasteiger partial charge in [0.05, 0.1) is 29.9 Å². The Bertz CT molecular complexity index is 833. The Hall–Kier alpha value is -1.97. The quantitative estimate of drug-likeness (QED) is 0.833. The average molecular weight is 384 g/mol.